The summed E-state index contributed by atoms with van der Waals surface area (Å²) >= 11 is 0. The molecule has 1 aliphatic heterocycles. The summed E-state index contributed by atoms with van der Waals surface area (Å²) in [6.45, 7) is 7.23. The van der Waals surface area contributed by atoms with E-state index >= 15 is 0 Å². The number of hydrogen-bond donors (Lipinski definition) is 0. The van der Waals surface area contributed by atoms with Crippen molar-refractivity contribution in [3.8, 4) is 5.75 Å². The van der Waals surface area contributed by atoms with E-state index in [0.29, 0.717) is 5.92 Å². The molecule has 0 amide bonds. The zero-order valence-electron chi connectivity index (χ0n) is 19.8. The van der Waals surface area contributed by atoms with Gasteiger partial charge >= 0.3 is 0 Å². The molecule has 2 aromatic carbocycles. The lowest BCUT2D eigenvalue weighted by atomic mass is 9.90. The van der Waals surface area contributed by atoms with Crippen molar-refractivity contribution >= 4 is 5.69 Å². The van der Waals surface area contributed by atoms with E-state index in [-0.39, 0.29) is 0 Å². The summed E-state index contributed by atoms with van der Waals surface area (Å²) in [6, 6.07) is 19.3. The van der Waals surface area contributed by atoms with Gasteiger partial charge in [0.15, 0.2) is 0 Å². The standard InChI is InChI=1S/C28H40N2O2/c1-31-28-15-9-8-14-27(28)30-20-18-29(19-21-30)17-16-26(25-12-6-3-7-13-25)23-32-22-24-10-4-2-5-11-24/h3,6-9,12-15,24,26H,2,4-5,10-11,16-23H2,1H3. The summed E-state index contributed by atoms with van der Waals surface area (Å²) in [6.07, 6.45) is 8.05. The topological polar surface area (TPSA) is 24.9 Å². The summed E-state index contributed by atoms with van der Waals surface area (Å²) < 4.78 is 11.9. The van der Waals surface area contributed by atoms with E-state index in [4.69, 9.17) is 9.47 Å². The minimum atomic E-state index is 0.479. The maximum atomic E-state index is 6.29. The molecule has 0 N–H and O–H groups in total. The van der Waals surface area contributed by atoms with Crippen LogP contribution in [-0.4, -0.2) is 57.9 Å². The molecule has 0 bridgehead atoms. The second kappa shape index (κ2) is 12.3. The Kier molecular flexibility index (Phi) is 8.87. The fraction of sp³-hybridized carbons (Fsp3) is 0.571. The number of nitrogens with zero attached hydrogens (tertiary/aromatic N) is 2. The van der Waals surface area contributed by atoms with Gasteiger partial charge in [0.2, 0.25) is 0 Å². The molecule has 2 aliphatic rings. The molecule has 4 rings (SSSR count). The number of hydrogen-bond acceptors (Lipinski definition) is 4. The third-order valence-corrected chi connectivity index (χ3v) is 7.26. The molecular weight excluding hydrogens is 396 g/mol. The van der Waals surface area contributed by atoms with Gasteiger partial charge in [0.1, 0.15) is 5.75 Å². The first-order valence-corrected chi connectivity index (χ1v) is 12.6. The summed E-state index contributed by atoms with van der Waals surface area (Å²) in [4.78, 5) is 5.07. The number of anilines is 1. The molecule has 1 aliphatic carbocycles. The number of ether oxygens (including phenoxy) is 2. The lowest BCUT2D eigenvalue weighted by Gasteiger charge is -2.37. The smallest absolute Gasteiger partial charge is 0.142 e. The summed E-state index contributed by atoms with van der Waals surface area (Å²) in [7, 11) is 1.76. The van der Waals surface area contributed by atoms with Crippen molar-refractivity contribution in [2.75, 3.05) is 57.9 Å². The maximum absolute atomic E-state index is 6.29. The van der Waals surface area contributed by atoms with Gasteiger partial charge in [-0.05, 0) is 49.4 Å². The zero-order chi connectivity index (χ0) is 22.0. The van der Waals surface area contributed by atoms with E-state index in [1.54, 1.807) is 7.11 Å². The Bertz CT molecular complexity index is 783. The van der Waals surface area contributed by atoms with E-state index in [9.17, 15) is 0 Å². The maximum Gasteiger partial charge on any atom is 0.142 e. The SMILES string of the molecule is COc1ccccc1N1CCN(CCC(COCC2CCCCC2)c2ccccc2)CC1. The van der Waals surface area contributed by atoms with Crippen LogP contribution >= 0.6 is 0 Å². The molecule has 1 saturated carbocycles. The fourth-order valence-electron chi connectivity index (χ4n) is 5.24. The second-order valence-corrected chi connectivity index (χ2v) is 9.44. The molecule has 0 radical (unpaired) electrons. The first-order valence-electron chi connectivity index (χ1n) is 12.6. The Hall–Kier alpha value is -2.04. The molecule has 1 atom stereocenters. The Morgan fingerprint density at radius 3 is 2.34 bits per heavy atom. The van der Waals surface area contributed by atoms with Crippen LogP contribution in [0.25, 0.3) is 0 Å². The predicted molar refractivity (Wildman–Crippen MR) is 133 cm³/mol. The summed E-state index contributed by atoms with van der Waals surface area (Å²) in [5, 5.41) is 0. The molecule has 0 aromatic heterocycles. The van der Waals surface area contributed by atoms with Crippen molar-refractivity contribution < 1.29 is 9.47 Å². The number of rotatable bonds is 10. The molecule has 1 saturated heterocycles. The molecule has 2 aromatic rings. The van der Waals surface area contributed by atoms with E-state index < -0.39 is 0 Å². The Morgan fingerprint density at radius 2 is 1.59 bits per heavy atom. The lowest BCUT2D eigenvalue weighted by molar-refractivity contribution is 0.0712. The van der Waals surface area contributed by atoms with Crippen LogP contribution < -0.4 is 9.64 Å². The molecule has 2 fully saturated rings. The molecule has 4 nitrogen and oxygen atoms in total. The van der Waals surface area contributed by atoms with Crippen LogP contribution in [0.1, 0.15) is 50.0 Å². The van der Waals surface area contributed by atoms with E-state index in [2.05, 4.69) is 58.3 Å². The van der Waals surface area contributed by atoms with Crippen molar-refractivity contribution in [2.24, 2.45) is 5.92 Å². The van der Waals surface area contributed by atoms with Crippen LogP contribution in [-0.2, 0) is 4.74 Å². The van der Waals surface area contributed by atoms with Crippen LogP contribution in [0.5, 0.6) is 5.75 Å². The highest BCUT2D eigenvalue weighted by Crippen LogP contribution is 2.29. The van der Waals surface area contributed by atoms with E-state index in [1.807, 2.05) is 6.07 Å². The number of methoxy groups -OCH3 is 1. The van der Waals surface area contributed by atoms with Crippen LogP contribution in [0.15, 0.2) is 54.6 Å². The van der Waals surface area contributed by atoms with Gasteiger partial charge in [-0.2, -0.15) is 0 Å². The molecule has 174 valence electrons. The molecule has 0 spiro atoms. The van der Waals surface area contributed by atoms with Gasteiger partial charge in [0.25, 0.3) is 0 Å². The molecule has 1 heterocycles. The van der Waals surface area contributed by atoms with Gasteiger partial charge in [0.05, 0.1) is 19.4 Å². The average Bonchev–Trinajstić information content (AvgIpc) is 2.87. The fourth-order valence-corrected chi connectivity index (χ4v) is 5.24. The monoisotopic (exact) mass is 436 g/mol. The molecule has 1 unspecified atom stereocenters. The van der Waals surface area contributed by atoms with Gasteiger partial charge < -0.3 is 14.4 Å². The quantitative estimate of drug-likeness (QED) is 0.485. The number of piperazine rings is 1. The second-order valence-electron chi connectivity index (χ2n) is 9.44. The number of benzene rings is 2. The highest BCUT2D eigenvalue weighted by Gasteiger charge is 2.21. The Balaban J connectivity index is 1.26. The van der Waals surface area contributed by atoms with Gasteiger partial charge in [-0.3, -0.25) is 4.90 Å². The molecule has 4 heteroatoms. The number of para-hydroxylation sites is 2. The highest BCUT2D eigenvalue weighted by atomic mass is 16.5. The van der Waals surface area contributed by atoms with Crippen molar-refractivity contribution in [1.29, 1.82) is 0 Å². The zero-order valence-corrected chi connectivity index (χ0v) is 19.8. The normalized spacial score (nSPS) is 19.1. The van der Waals surface area contributed by atoms with Crippen molar-refractivity contribution in [1.82, 2.24) is 4.90 Å². The van der Waals surface area contributed by atoms with Crippen LogP contribution in [0.4, 0.5) is 5.69 Å². The van der Waals surface area contributed by atoms with Crippen molar-refractivity contribution in [2.45, 2.75) is 44.4 Å². The van der Waals surface area contributed by atoms with Gasteiger partial charge in [-0.15, -0.1) is 0 Å². The van der Waals surface area contributed by atoms with Gasteiger partial charge in [-0.1, -0.05) is 61.7 Å². The Labute approximate surface area is 194 Å². The summed E-state index contributed by atoms with van der Waals surface area (Å²) in [5.74, 6) is 2.23. The largest absolute Gasteiger partial charge is 0.495 e. The molecule has 32 heavy (non-hydrogen) atoms. The average molecular weight is 437 g/mol. The first-order chi connectivity index (χ1) is 15.8. The molecular formula is C28H40N2O2. The van der Waals surface area contributed by atoms with Crippen molar-refractivity contribution in [3.63, 3.8) is 0 Å². The lowest BCUT2D eigenvalue weighted by Crippen LogP contribution is -2.47. The van der Waals surface area contributed by atoms with Crippen LogP contribution in [0, 0.1) is 5.92 Å². The van der Waals surface area contributed by atoms with E-state index in [1.165, 1.54) is 43.4 Å². The van der Waals surface area contributed by atoms with Gasteiger partial charge in [0, 0.05) is 38.7 Å². The third-order valence-electron chi connectivity index (χ3n) is 7.26. The van der Waals surface area contributed by atoms with Crippen LogP contribution in [0.2, 0.25) is 0 Å². The minimum Gasteiger partial charge on any atom is -0.495 e. The third kappa shape index (κ3) is 6.49. The first kappa shape index (κ1) is 23.1. The van der Waals surface area contributed by atoms with E-state index in [0.717, 1.165) is 64.0 Å². The van der Waals surface area contributed by atoms with Crippen LogP contribution in [0.3, 0.4) is 0 Å². The Morgan fingerprint density at radius 1 is 0.875 bits per heavy atom. The van der Waals surface area contributed by atoms with Crippen molar-refractivity contribution in [3.05, 3.63) is 60.2 Å². The predicted octanol–water partition coefficient (Wildman–Crippen LogP) is 5.59. The summed E-state index contributed by atoms with van der Waals surface area (Å²) in [5.41, 5.74) is 2.64. The minimum absolute atomic E-state index is 0.479. The highest BCUT2D eigenvalue weighted by molar-refractivity contribution is 5.58. The van der Waals surface area contributed by atoms with Gasteiger partial charge in [-0.25, -0.2) is 0 Å².